The van der Waals surface area contributed by atoms with E-state index < -0.39 is 0 Å². The van der Waals surface area contributed by atoms with E-state index >= 15 is 0 Å². The van der Waals surface area contributed by atoms with E-state index in [4.69, 9.17) is 4.84 Å². The van der Waals surface area contributed by atoms with Crippen LogP contribution in [0.3, 0.4) is 0 Å². The van der Waals surface area contributed by atoms with Gasteiger partial charge in [0.1, 0.15) is 6.61 Å². The van der Waals surface area contributed by atoms with Gasteiger partial charge in [-0.05, 0) is 18.9 Å². The number of benzene rings is 1. The highest BCUT2D eigenvalue weighted by Gasteiger charge is 2.47. The van der Waals surface area contributed by atoms with Crippen molar-refractivity contribution in [3.8, 4) is 0 Å². The summed E-state index contributed by atoms with van der Waals surface area (Å²) in [6.45, 7) is 5.19. The molecule has 1 aliphatic rings. The summed E-state index contributed by atoms with van der Waals surface area (Å²) in [4.78, 5) is 17.2. The van der Waals surface area contributed by atoms with Crippen molar-refractivity contribution in [1.29, 1.82) is 0 Å². The molecule has 3 nitrogen and oxygen atoms in total. The third-order valence-electron chi connectivity index (χ3n) is 3.25. The summed E-state index contributed by atoms with van der Waals surface area (Å²) in [5.74, 6) is 0.103. The SMILES string of the molecule is CCC1(C)CN(OCc2ccccc2)C1=O. The Balaban J connectivity index is 1.84. The van der Waals surface area contributed by atoms with Crippen LogP contribution in [0.5, 0.6) is 0 Å². The van der Waals surface area contributed by atoms with Crippen LogP contribution >= 0.6 is 0 Å². The molecule has 2 rings (SSSR count). The molecule has 0 spiro atoms. The van der Waals surface area contributed by atoms with Crippen molar-refractivity contribution in [3.63, 3.8) is 0 Å². The number of hydrogen-bond donors (Lipinski definition) is 0. The Morgan fingerprint density at radius 1 is 1.38 bits per heavy atom. The molecule has 1 amide bonds. The van der Waals surface area contributed by atoms with Gasteiger partial charge in [-0.25, -0.2) is 5.06 Å². The van der Waals surface area contributed by atoms with E-state index in [-0.39, 0.29) is 11.3 Å². The number of carbonyl (C=O) groups is 1. The van der Waals surface area contributed by atoms with Gasteiger partial charge < -0.3 is 0 Å². The summed E-state index contributed by atoms with van der Waals surface area (Å²) in [6, 6.07) is 9.87. The van der Waals surface area contributed by atoms with Crippen molar-refractivity contribution in [2.45, 2.75) is 26.9 Å². The maximum atomic E-state index is 11.7. The minimum absolute atomic E-state index is 0.103. The van der Waals surface area contributed by atoms with Gasteiger partial charge in [-0.3, -0.25) is 9.63 Å². The molecule has 1 aliphatic heterocycles. The number of carbonyl (C=O) groups excluding carboxylic acids is 1. The monoisotopic (exact) mass is 219 g/mol. The Morgan fingerprint density at radius 3 is 2.62 bits per heavy atom. The largest absolute Gasteiger partial charge is 0.272 e. The molecule has 3 heteroatoms. The van der Waals surface area contributed by atoms with Crippen LogP contribution in [-0.4, -0.2) is 17.5 Å². The lowest BCUT2D eigenvalue weighted by Gasteiger charge is -2.44. The smallest absolute Gasteiger partial charge is 0.253 e. The van der Waals surface area contributed by atoms with Crippen molar-refractivity contribution in [1.82, 2.24) is 5.06 Å². The highest BCUT2D eigenvalue weighted by atomic mass is 16.7. The Labute approximate surface area is 96.0 Å². The fourth-order valence-electron chi connectivity index (χ4n) is 1.76. The number of amides is 1. The summed E-state index contributed by atoms with van der Waals surface area (Å²) >= 11 is 0. The van der Waals surface area contributed by atoms with E-state index in [2.05, 4.69) is 0 Å². The molecular weight excluding hydrogens is 202 g/mol. The van der Waals surface area contributed by atoms with Crippen LogP contribution in [0.15, 0.2) is 30.3 Å². The summed E-state index contributed by atoms with van der Waals surface area (Å²) in [7, 11) is 0. The number of hydroxylamine groups is 2. The molecule has 1 atom stereocenters. The predicted molar refractivity (Wildman–Crippen MR) is 61.3 cm³/mol. The van der Waals surface area contributed by atoms with Gasteiger partial charge in [-0.1, -0.05) is 37.3 Å². The molecule has 1 unspecified atom stereocenters. The zero-order chi connectivity index (χ0) is 11.6. The van der Waals surface area contributed by atoms with Crippen molar-refractivity contribution in [2.75, 3.05) is 6.54 Å². The maximum Gasteiger partial charge on any atom is 0.253 e. The van der Waals surface area contributed by atoms with Gasteiger partial charge in [0, 0.05) is 0 Å². The molecule has 0 aliphatic carbocycles. The van der Waals surface area contributed by atoms with E-state index in [1.807, 2.05) is 44.2 Å². The van der Waals surface area contributed by atoms with Gasteiger partial charge >= 0.3 is 0 Å². The van der Waals surface area contributed by atoms with E-state index in [1.165, 1.54) is 5.06 Å². The van der Waals surface area contributed by atoms with E-state index in [0.717, 1.165) is 12.0 Å². The molecule has 1 fully saturated rings. The van der Waals surface area contributed by atoms with Crippen molar-refractivity contribution in [3.05, 3.63) is 35.9 Å². The van der Waals surface area contributed by atoms with Crippen LogP contribution in [0.25, 0.3) is 0 Å². The molecule has 0 bridgehead atoms. The van der Waals surface area contributed by atoms with Crippen molar-refractivity contribution < 1.29 is 9.63 Å². The fourth-order valence-corrected chi connectivity index (χ4v) is 1.76. The normalized spacial score (nSPS) is 24.4. The fraction of sp³-hybridized carbons (Fsp3) is 0.462. The molecule has 1 aromatic carbocycles. The Hall–Kier alpha value is -1.35. The van der Waals surface area contributed by atoms with Gasteiger partial charge in [0.2, 0.25) is 0 Å². The summed E-state index contributed by atoms with van der Waals surface area (Å²) in [5.41, 5.74) is 0.886. The van der Waals surface area contributed by atoms with Crippen molar-refractivity contribution >= 4 is 5.91 Å². The zero-order valence-corrected chi connectivity index (χ0v) is 9.77. The first kappa shape index (κ1) is 11.1. The maximum absolute atomic E-state index is 11.7. The molecule has 1 aromatic rings. The third-order valence-corrected chi connectivity index (χ3v) is 3.25. The second-order valence-electron chi connectivity index (χ2n) is 4.52. The minimum Gasteiger partial charge on any atom is -0.272 e. The number of β-lactam (4-membered cyclic amide) rings is 1. The first-order chi connectivity index (χ1) is 7.65. The Morgan fingerprint density at radius 2 is 2.06 bits per heavy atom. The van der Waals surface area contributed by atoms with Crippen LogP contribution in [0.1, 0.15) is 25.8 Å². The lowest BCUT2D eigenvalue weighted by Crippen LogP contribution is -2.59. The molecule has 0 aromatic heterocycles. The average Bonchev–Trinajstić information content (AvgIpc) is 2.34. The summed E-state index contributed by atoms with van der Waals surface area (Å²) < 4.78 is 0. The van der Waals surface area contributed by atoms with E-state index in [9.17, 15) is 4.79 Å². The van der Waals surface area contributed by atoms with Crippen LogP contribution in [0.4, 0.5) is 0 Å². The molecule has 16 heavy (non-hydrogen) atoms. The number of nitrogens with zero attached hydrogens (tertiary/aromatic N) is 1. The standard InChI is InChI=1S/C13H17NO2/c1-3-13(2)10-14(12(13)15)16-9-11-7-5-4-6-8-11/h4-8H,3,9-10H2,1-2H3. The Bertz CT molecular complexity index is 377. The lowest BCUT2D eigenvalue weighted by atomic mass is 9.80. The van der Waals surface area contributed by atoms with Gasteiger partial charge in [0.25, 0.3) is 5.91 Å². The van der Waals surface area contributed by atoms with E-state index in [1.54, 1.807) is 0 Å². The average molecular weight is 219 g/mol. The topological polar surface area (TPSA) is 29.5 Å². The first-order valence-corrected chi connectivity index (χ1v) is 5.64. The minimum atomic E-state index is -0.198. The second-order valence-corrected chi connectivity index (χ2v) is 4.52. The van der Waals surface area contributed by atoms with Gasteiger partial charge in [-0.15, -0.1) is 0 Å². The van der Waals surface area contributed by atoms with Crippen molar-refractivity contribution in [2.24, 2.45) is 5.41 Å². The van der Waals surface area contributed by atoms with Crippen LogP contribution in [0.2, 0.25) is 0 Å². The summed E-state index contributed by atoms with van der Waals surface area (Å²) in [6.07, 6.45) is 0.872. The molecule has 1 saturated heterocycles. The van der Waals surface area contributed by atoms with Crippen LogP contribution in [-0.2, 0) is 16.2 Å². The molecular formula is C13H17NO2. The third kappa shape index (κ3) is 1.95. The predicted octanol–water partition coefficient (Wildman–Crippen LogP) is 2.38. The van der Waals surface area contributed by atoms with E-state index in [0.29, 0.717) is 13.2 Å². The highest BCUT2D eigenvalue weighted by molar-refractivity contribution is 5.87. The number of rotatable bonds is 4. The second kappa shape index (κ2) is 4.26. The van der Waals surface area contributed by atoms with Gasteiger partial charge in [0.05, 0.1) is 12.0 Å². The molecule has 86 valence electrons. The summed E-state index contributed by atoms with van der Waals surface area (Å²) in [5, 5.41) is 1.47. The van der Waals surface area contributed by atoms with Crippen LogP contribution < -0.4 is 0 Å². The number of hydrogen-bond acceptors (Lipinski definition) is 2. The molecule has 0 radical (unpaired) electrons. The zero-order valence-electron chi connectivity index (χ0n) is 9.77. The molecule has 1 heterocycles. The highest BCUT2D eigenvalue weighted by Crippen LogP contribution is 2.34. The molecule has 0 saturated carbocycles. The quantitative estimate of drug-likeness (QED) is 0.728. The Kier molecular flexibility index (Phi) is 2.97. The lowest BCUT2D eigenvalue weighted by molar-refractivity contribution is -0.241. The first-order valence-electron chi connectivity index (χ1n) is 5.64. The van der Waals surface area contributed by atoms with Gasteiger partial charge in [0.15, 0.2) is 0 Å². The van der Waals surface area contributed by atoms with Crippen LogP contribution in [0, 0.1) is 5.41 Å². The molecule has 0 N–H and O–H groups in total. The van der Waals surface area contributed by atoms with Gasteiger partial charge in [-0.2, -0.15) is 0 Å².